The smallest absolute Gasteiger partial charge is 0.418 e. The van der Waals surface area contributed by atoms with Crippen LogP contribution in [0.15, 0.2) is 22.7 Å². The normalized spacial score (nSPS) is 13.2. The third-order valence-electron chi connectivity index (χ3n) is 2.32. The first kappa shape index (κ1) is 14.8. The van der Waals surface area contributed by atoms with Gasteiger partial charge in [-0.25, -0.2) is 4.79 Å². The summed E-state index contributed by atoms with van der Waals surface area (Å²) >= 11 is 2.96. The first-order valence-corrected chi connectivity index (χ1v) is 5.91. The second-order valence-electron chi connectivity index (χ2n) is 3.63. The molecule has 1 aromatic rings. The Labute approximate surface area is 110 Å². The van der Waals surface area contributed by atoms with E-state index >= 15 is 0 Å². The number of benzene rings is 1. The van der Waals surface area contributed by atoms with Crippen molar-refractivity contribution >= 4 is 27.6 Å². The lowest BCUT2D eigenvalue weighted by Gasteiger charge is -2.18. The van der Waals surface area contributed by atoms with E-state index < -0.39 is 23.8 Å². The van der Waals surface area contributed by atoms with Crippen LogP contribution in [0.25, 0.3) is 0 Å². The van der Waals surface area contributed by atoms with Gasteiger partial charge in [0.15, 0.2) is 0 Å². The summed E-state index contributed by atoms with van der Waals surface area (Å²) in [5.74, 6) is -1.19. The summed E-state index contributed by atoms with van der Waals surface area (Å²) in [6.45, 7) is 1.58. The Hall–Kier alpha value is -1.24. The molecule has 7 heteroatoms. The number of carboxylic acid groups (broad SMARTS) is 1. The van der Waals surface area contributed by atoms with Gasteiger partial charge in [-0.2, -0.15) is 13.2 Å². The van der Waals surface area contributed by atoms with Gasteiger partial charge in [0, 0.05) is 10.2 Å². The van der Waals surface area contributed by atoms with Gasteiger partial charge in [-0.3, -0.25) is 0 Å². The molecule has 0 saturated heterocycles. The number of carbonyl (C=O) groups is 1. The Morgan fingerprint density at radius 3 is 2.56 bits per heavy atom. The van der Waals surface area contributed by atoms with Gasteiger partial charge in [0.1, 0.15) is 6.04 Å². The van der Waals surface area contributed by atoms with Crippen LogP contribution in [0.2, 0.25) is 0 Å². The summed E-state index contributed by atoms with van der Waals surface area (Å²) in [4.78, 5) is 10.8. The van der Waals surface area contributed by atoms with Crippen LogP contribution >= 0.6 is 15.9 Å². The highest BCUT2D eigenvalue weighted by molar-refractivity contribution is 9.10. The van der Waals surface area contributed by atoms with E-state index in [1.165, 1.54) is 12.1 Å². The first-order valence-electron chi connectivity index (χ1n) is 5.11. The average molecular weight is 326 g/mol. The third kappa shape index (κ3) is 3.63. The van der Waals surface area contributed by atoms with Gasteiger partial charge in [0.2, 0.25) is 0 Å². The van der Waals surface area contributed by atoms with E-state index in [0.717, 1.165) is 6.07 Å². The Morgan fingerprint density at radius 2 is 2.11 bits per heavy atom. The number of alkyl halides is 3. The largest absolute Gasteiger partial charge is 0.480 e. The van der Waals surface area contributed by atoms with Crippen LogP contribution < -0.4 is 5.32 Å². The molecule has 0 radical (unpaired) electrons. The molecule has 0 bridgehead atoms. The Kier molecular flexibility index (Phi) is 4.61. The van der Waals surface area contributed by atoms with E-state index in [2.05, 4.69) is 21.2 Å². The standard InChI is InChI=1S/C11H11BrF3NO2/c1-2-8(10(17)18)16-9-4-3-6(12)5-7(9)11(13,14)15/h3-5,8,16H,2H2,1H3,(H,17,18). The van der Waals surface area contributed by atoms with Gasteiger partial charge in [-0.05, 0) is 24.6 Å². The summed E-state index contributed by atoms with van der Waals surface area (Å²) in [6, 6.07) is 2.49. The second kappa shape index (κ2) is 5.60. The lowest BCUT2D eigenvalue weighted by Crippen LogP contribution is -2.29. The van der Waals surface area contributed by atoms with E-state index in [1.807, 2.05) is 0 Å². The quantitative estimate of drug-likeness (QED) is 0.886. The fourth-order valence-electron chi connectivity index (χ4n) is 1.40. The number of carboxylic acids is 1. The van der Waals surface area contributed by atoms with Gasteiger partial charge in [0.05, 0.1) is 5.56 Å². The molecule has 0 spiro atoms. The van der Waals surface area contributed by atoms with Gasteiger partial charge in [-0.1, -0.05) is 22.9 Å². The van der Waals surface area contributed by atoms with Crippen molar-refractivity contribution in [2.24, 2.45) is 0 Å². The highest BCUT2D eigenvalue weighted by atomic mass is 79.9. The highest BCUT2D eigenvalue weighted by Gasteiger charge is 2.34. The molecular formula is C11H11BrF3NO2. The van der Waals surface area contributed by atoms with Crippen LogP contribution in [0.4, 0.5) is 18.9 Å². The molecule has 1 unspecified atom stereocenters. The maximum absolute atomic E-state index is 12.8. The second-order valence-corrected chi connectivity index (χ2v) is 4.55. The molecule has 0 aliphatic carbocycles. The molecule has 0 heterocycles. The number of rotatable bonds is 4. The molecule has 1 rings (SSSR count). The van der Waals surface area contributed by atoms with E-state index in [1.54, 1.807) is 6.92 Å². The van der Waals surface area contributed by atoms with Crippen LogP contribution in [0.3, 0.4) is 0 Å². The minimum atomic E-state index is -4.54. The highest BCUT2D eigenvalue weighted by Crippen LogP contribution is 2.36. The molecule has 18 heavy (non-hydrogen) atoms. The SMILES string of the molecule is CCC(Nc1ccc(Br)cc1C(F)(F)F)C(=O)O. The zero-order valence-electron chi connectivity index (χ0n) is 9.38. The summed E-state index contributed by atoms with van der Waals surface area (Å²) < 4.78 is 38.6. The number of hydrogen-bond acceptors (Lipinski definition) is 2. The summed E-state index contributed by atoms with van der Waals surface area (Å²) in [5, 5.41) is 11.2. The number of aliphatic carboxylic acids is 1. The predicted molar refractivity (Wildman–Crippen MR) is 64.5 cm³/mol. The van der Waals surface area contributed by atoms with E-state index in [0.29, 0.717) is 0 Å². The monoisotopic (exact) mass is 325 g/mol. The zero-order chi connectivity index (χ0) is 13.9. The Bertz CT molecular complexity index is 448. The Balaban J connectivity index is 3.12. The van der Waals surface area contributed by atoms with E-state index in [4.69, 9.17) is 5.11 Å². The topological polar surface area (TPSA) is 49.3 Å². The molecule has 2 N–H and O–H groups in total. The molecule has 1 aromatic carbocycles. The molecule has 0 aromatic heterocycles. The third-order valence-corrected chi connectivity index (χ3v) is 2.82. The van der Waals surface area contributed by atoms with Gasteiger partial charge in [0.25, 0.3) is 0 Å². The summed E-state index contributed by atoms with van der Waals surface area (Å²) in [5.41, 5.74) is -1.13. The summed E-state index contributed by atoms with van der Waals surface area (Å²) in [7, 11) is 0. The van der Waals surface area contributed by atoms with Crippen LogP contribution in [0, 0.1) is 0 Å². The number of halogens is 4. The van der Waals surface area contributed by atoms with Crippen molar-refractivity contribution in [2.75, 3.05) is 5.32 Å². The van der Waals surface area contributed by atoms with Gasteiger partial charge in [-0.15, -0.1) is 0 Å². The predicted octanol–water partition coefficient (Wildman–Crippen LogP) is 3.74. The van der Waals surface area contributed by atoms with Crippen molar-refractivity contribution in [1.29, 1.82) is 0 Å². The molecule has 3 nitrogen and oxygen atoms in total. The molecule has 0 aliphatic rings. The van der Waals surface area contributed by atoms with Gasteiger partial charge >= 0.3 is 12.1 Å². The summed E-state index contributed by atoms with van der Waals surface area (Å²) in [6.07, 6.45) is -4.36. The molecule has 0 amide bonds. The number of anilines is 1. The van der Waals surface area contributed by atoms with Crippen LogP contribution in [0.1, 0.15) is 18.9 Å². The number of hydrogen-bond donors (Lipinski definition) is 2. The minimum Gasteiger partial charge on any atom is -0.480 e. The fourth-order valence-corrected chi connectivity index (χ4v) is 1.76. The molecule has 0 saturated carbocycles. The molecule has 100 valence electrons. The molecular weight excluding hydrogens is 315 g/mol. The maximum Gasteiger partial charge on any atom is 0.418 e. The maximum atomic E-state index is 12.8. The van der Waals surface area contributed by atoms with Crippen molar-refractivity contribution in [3.8, 4) is 0 Å². The molecule has 0 fully saturated rings. The van der Waals surface area contributed by atoms with Crippen LogP contribution in [0.5, 0.6) is 0 Å². The fraction of sp³-hybridized carbons (Fsp3) is 0.364. The van der Waals surface area contributed by atoms with Crippen molar-refractivity contribution < 1.29 is 23.1 Å². The van der Waals surface area contributed by atoms with E-state index in [9.17, 15) is 18.0 Å². The zero-order valence-corrected chi connectivity index (χ0v) is 11.0. The van der Waals surface area contributed by atoms with Crippen LogP contribution in [-0.4, -0.2) is 17.1 Å². The van der Waals surface area contributed by atoms with Gasteiger partial charge < -0.3 is 10.4 Å². The lowest BCUT2D eigenvalue weighted by molar-refractivity contribution is -0.139. The van der Waals surface area contributed by atoms with Crippen LogP contribution in [-0.2, 0) is 11.0 Å². The molecule has 1 atom stereocenters. The average Bonchev–Trinajstić information content (AvgIpc) is 2.25. The van der Waals surface area contributed by atoms with Crippen molar-refractivity contribution in [1.82, 2.24) is 0 Å². The van der Waals surface area contributed by atoms with Crippen molar-refractivity contribution in [3.63, 3.8) is 0 Å². The lowest BCUT2D eigenvalue weighted by atomic mass is 10.1. The number of nitrogens with one attached hydrogen (secondary N) is 1. The van der Waals surface area contributed by atoms with Crippen molar-refractivity contribution in [2.45, 2.75) is 25.6 Å². The molecule has 0 aliphatic heterocycles. The van der Waals surface area contributed by atoms with E-state index in [-0.39, 0.29) is 16.6 Å². The first-order chi connectivity index (χ1) is 8.25. The minimum absolute atomic E-state index is 0.183. The van der Waals surface area contributed by atoms with Crippen molar-refractivity contribution in [3.05, 3.63) is 28.2 Å². The Morgan fingerprint density at radius 1 is 1.50 bits per heavy atom.